The van der Waals surface area contributed by atoms with Gasteiger partial charge in [-0.25, -0.2) is 9.79 Å². The number of ether oxygens (including phenoxy) is 3. The van der Waals surface area contributed by atoms with Gasteiger partial charge in [-0.3, -0.25) is 4.79 Å². The molecule has 0 aromatic heterocycles. The molecular weight excluding hydrogens is 562 g/mol. The van der Waals surface area contributed by atoms with Crippen LogP contribution in [0.3, 0.4) is 0 Å². The number of hydrogen-bond acceptors (Lipinski definition) is 7. The van der Waals surface area contributed by atoms with Crippen LogP contribution in [-0.4, -0.2) is 35.2 Å². The number of aryl methyl sites for hydroxylation is 1. The zero-order chi connectivity index (χ0) is 30.3. The Bertz CT molecular complexity index is 1770. The molecule has 0 radical (unpaired) electrons. The third-order valence-corrected chi connectivity index (χ3v) is 7.72. The molecule has 0 bridgehead atoms. The highest BCUT2D eigenvalue weighted by Crippen LogP contribution is 2.40. The van der Waals surface area contributed by atoms with E-state index in [1.165, 1.54) is 0 Å². The minimum atomic E-state index is -0.751. The van der Waals surface area contributed by atoms with Crippen LogP contribution in [0.1, 0.15) is 40.9 Å². The number of aliphatic hydroxyl groups is 1. The molecule has 1 aliphatic heterocycles. The number of rotatable bonds is 9. The molecule has 7 nitrogen and oxygen atoms in total. The molecule has 0 saturated carbocycles. The van der Waals surface area contributed by atoms with Gasteiger partial charge in [-0.2, -0.15) is 0 Å². The molecule has 4 aromatic carbocycles. The van der Waals surface area contributed by atoms with Crippen LogP contribution in [0.15, 0.2) is 106 Å². The summed E-state index contributed by atoms with van der Waals surface area (Å²) in [7, 11) is 0. The van der Waals surface area contributed by atoms with Crippen LogP contribution in [0.4, 0.5) is 0 Å². The van der Waals surface area contributed by atoms with E-state index in [9.17, 15) is 14.7 Å². The van der Waals surface area contributed by atoms with Gasteiger partial charge in [-0.05, 0) is 73.0 Å². The third-order valence-electron chi connectivity index (χ3n) is 6.70. The zero-order valence-electron chi connectivity index (χ0n) is 24.1. The number of amides is 1. The van der Waals surface area contributed by atoms with Gasteiger partial charge in [0.1, 0.15) is 23.0 Å². The first-order chi connectivity index (χ1) is 20.9. The van der Waals surface area contributed by atoms with Crippen molar-refractivity contribution in [1.82, 2.24) is 0 Å². The highest BCUT2D eigenvalue weighted by Gasteiger charge is 2.34. The van der Waals surface area contributed by atoms with Crippen molar-refractivity contribution >= 4 is 45.5 Å². The summed E-state index contributed by atoms with van der Waals surface area (Å²) >= 11 is 1.03. The number of aliphatic hydroxyl groups excluding tert-OH is 1. The molecule has 0 atom stereocenters. The number of nitrogens with zero attached hydrogens (tertiary/aromatic N) is 1. The van der Waals surface area contributed by atoms with E-state index in [1.807, 2.05) is 62.4 Å². The summed E-state index contributed by atoms with van der Waals surface area (Å²) in [4.78, 5) is 30.2. The Morgan fingerprint density at radius 1 is 0.884 bits per heavy atom. The van der Waals surface area contributed by atoms with E-state index in [-0.39, 0.29) is 23.0 Å². The first-order valence-corrected chi connectivity index (χ1v) is 14.8. The van der Waals surface area contributed by atoms with Crippen LogP contribution in [0.25, 0.3) is 16.8 Å². The second-order valence-corrected chi connectivity index (χ2v) is 10.7. The van der Waals surface area contributed by atoms with Gasteiger partial charge in [-0.15, -0.1) is 0 Å². The highest BCUT2D eigenvalue weighted by atomic mass is 32.2. The number of esters is 1. The van der Waals surface area contributed by atoms with Crippen LogP contribution in [0.2, 0.25) is 0 Å². The maximum atomic E-state index is 12.9. The summed E-state index contributed by atoms with van der Waals surface area (Å²) in [6.45, 7) is 6.37. The van der Waals surface area contributed by atoms with Gasteiger partial charge in [0.2, 0.25) is 0 Å². The van der Waals surface area contributed by atoms with Crippen LogP contribution >= 0.6 is 11.8 Å². The average Bonchev–Trinajstić information content (AvgIpc) is 3.31. The number of carbonyl (C=O) groups excluding carboxylic acids is 2. The van der Waals surface area contributed by atoms with E-state index in [2.05, 4.69) is 23.2 Å². The van der Waals surface area contributed by atoms with Gasteiger partial charge in [0.15, 0.2) is 11.5 Å². The molecular formula is C35H31NO6S. The van der Waals surface area contributed by atoms with Crippen LogP contribution in [0.5, 0.6) is 11.5 Å². The Labute approximate surface area is 254 Å². The van der Waals surface area contributed by atoms with Crippen molar-refractivity contribution in [2.45, 2.75) is 27.4 Å². The molecule has 1 N–H and O–H groups in total. The quantitative estimate of drug-likeness (QED) is 0.198. The molecule has 8 heteroatoms. The van der Waals surface area contributed by atoms with Crippen molar-refractivity contribution in [3.8, 4) is 11.5 Å². The topological polar surface area (TPSA) is 94.4 Å². The van der Waals surface area contributed by atoms with Gasteiger partial charge in [0.05, 0.1) is 18.1 Å². The molecule has 43 heavy (non-hydrogen) atoms. The van der Waals surface area contributed by atoms with Crippen molar-refractivity contribution in [1.29, 1.82) is 0 Å². The average molecular weight is 594 g/mol. The van der Waals surface area contributed by atoms with Crippen LogP contribution in [0, 0.1) is 6.92 Å². The van der Waals surface area contributed by atoms with E-state index >= 15 is 0 Å². The predicted molar refractivity (Wildman–Crippen MR) is 171 cm³/mol. The maximum absolute atomic E-state index is 12.9. The number of carbonyl (C=O) groups is 2. The molecule has 5 rings (SSSR count). The third kappa shape index (κ3) is 6.81. The minimum Gasteiger partial charge on any atom is -0.506 e. The highest BCUT2D eigenvalue weighted by molar-refractivity contribution is 8.18. The molecule has 0 unspecified atom stereocenters. The van der Waals surface area contributed by atoms with Gasteiger partial charge < -0.3 is 19.3 Å². The molecule has 0 spiro atoms. The van der Waals surface area contributed by atoms with Gasteiger partial charge in [0.25, 0.3) is 5.91 Å². The number of fused-ring (bicyclic) bond motifs is 1. The molecule has 0 saturated heterocycles. The van der Waals surface area contributed by atoms with Crippen LogP contribution in [-0.2, 0) is 16.1 Å². The molecule has 218 valence electrons. The number of benzene rings is 4. The van der Waals surface area contributed by atoms with E-state index in [1.54, 1.807) is 31.2 Å². The van der Waals surface area contributed by atoms with Crippen molar-refractivity contribution in [2.24, 2.45) is 4.99 Å². The SMILES string of the molecule is CCOC(=O)C1=C(O)/C(=C/c2ccc(OCc3cccc4ccccc34)c(OCC)c2)SC1=NC(=O)c1ccc(C)cc1. The fourth-order valence-electron chi connectivity index (χ4n) is 4.57. The monoisotopic (exact) mass is 593 g/mol. The van der Waals surface area contributed by atoms with Crippen LogP contribution < -0.4 is 9.47 Å². The lowest BCUT2D eigenvalue weighted by atomic mass is 10.1. The summed E-state index contributed by atoms with van der Waals surface area (Å²) in [5.74, 6) is -0.456. The number of thioether (sulfide) groups is 1. The number of hydrogen-bond donors (Lipinski definition) is 1. The standard InChI is InChI=1S/C35H31NO6S/c1-4-40-29-19-23(15-18-28(29)42-21-26-11-8-10-24-9-6-7-12-27(24)26)20-30-32(37)31(35(39)41-5-2)34(43-30)36-33(38)25-16-13-22(3)14-17-25/h6-20,37H,4-5,21H2,1-3H3/b30-20-,36-34?. The second kappa shape index (κ2) is 13.4. The molecule has 0 fully saturated rings. The molecule has 4 aromatic rings. The van der Waals surface area contributed by atoms with Gasteiger partial charge in [-0.1, -0.05) is 78.0 Å². The summed E-state index contributed by atoms with van der Waals surface area (Å²) in [6, 6.07) is 26.7. The first-order valence-electron chi connectivity index (χ1n) is 13.9. The largest absolute Gasteiger partial charge is 0.506 e. The van der Waals surface area contributed by atoms with E-state index in [4.69, 9.17) is 14.2 Å². The van der Waals surface area contributed by atoms with Crippen molar-refractivity contribution in [2.75, 3.05) is 13.2 Å². The van der Waals surface area contributed by atoms with E-state index in [0.717, 1.165) is 33.7 Å². The van der Waals surface area contributed by atoms with Crippen molar-refractivity contribution < 1.29 is 28.9 Å². The fraction of sp³-hybridized carbons (Fsp3) is 0.171. The Morgan fingerprint density at radius 3 is 2.42 bits per heavy atom. The summed E-state index contributed by atoms with van der Waals surface area (Å²) < 4.78 is 17.2. The summed E-state index contributed by atoms with van der Waals surface area (Å²) in [5, 5.41) is 13.4. The maximum Gasteiger partial charge on any atom is 0.344 e. The van der Waals surface area contributed by atoms with E-state index in [0.29, 0.717) is 40.7 Å². The number of aliphatic imine (C=N–C) groups is 1. The normalized spacial score (nSPS) is 14.9. The Morgan fingerprint density at radius 2 is 1.65 bits per heavy atom. The van der Waals surface area contributed by atoms with Crippen molar-refractivity contribution in [3.63, 3.8) is 0 Å². The zero-order valence-corrected chi connectivity index (χ0v) is 24.9. The van der Waals surface area contributed by atoms with Crippen molar-refractivity contribution in [3.05, 3.63) is 123 Å². The smallest absolute Gasteiger partial charge is 0.344 e. The lowest BCUT2D eigenvalue weighted by Crippen LogP contribution is -2.14. The minimum absolute atomic E-state index is 0.0767. The lowest BCUT2D eigenvalue weighted by molar-refractivity contribution is -0.138. The summed E-state index contributed by atoms with van der Waals surface area (Å²) in [6.07, 6.45) is 1.70. The Hall–Kier alpha value is -4.82. The van der Waals surface area contributed by atoms with E-state index < -0.39 is 11.9 Å². The van der Waals surface area contributed by atoms with Gasteiger partial charge >= 0.3 is 5.97 Å². The second-order valence-electron chi connectivity index (χ2n) is 9.71. The molecule has 1 amide bonds. The lowest BCUT2D eigenvalue weighted by Gasteiger charge is -2.14. The van der Waals surface area contributed by atoms with Gasteiger partial charge in [0, 0.05) is 5.56 Å². The molecule has 0 aliphatic carbocycles. The molecule has 1 heterocycles. The Balaban J connectivity index is 1.43. The first kappa shape index (κ1) is 29.7. The predicted octanol–water partition coefficient (Wildman–Crippen LogP) is 7.83. The molecule has 1 aliphatic rings. The summed E-state index contributed by atoms with van der Waals surface area (Å²) in [5.41, 5.74) is 3.00. The Kier molecular flexibility index (Phi) is 9.27. The fourth-order valence-corrected chi connectivity index (χ4v) is 5.58.